The molecule has 6 aromatic rings. The zero-order valence-electron chi connectivity index (χ0n) is 26.1. The van der Waals surface area contributed by atoms with Gasteiger partial charge in [0.2, 0.25) is 10.0 Å². The Morgan fingerprint density at radius 1 is 0.957 bits per heavy atom. The highest BCUT2D eigenvalue weighted by molar-refractivity contribution is 7.92. The SMILES string of the molecule is CC(C)S(=O)(=O)c1ccc(-c2csc3c(N4CCOC[C@H]4C)nc(-c4ccnc5c4ccn5S(=O)(=O)Cc4ccccc4)nc23)cc1. The monoisotopic (exact) mass is 687 g/mol. The second kappa shape index (κ2) is 12.1. The van der Waals surface area contributed by atoms with E-state index in [1.807, 2.05) is 41.8 Å². The average Bonchev–Trinajstić information content (AvgIpc) is 3.70. The van der Waals surface area contributed by atoms with E-state index >= 15 is 0 Å². The van der Waals surface area contributed by atoms with Gasteiger partial charge < -0.3 is 9.64 Å². The van der Waals surface area contributed by atoms with Gasteiger partial charge in [-0.25, -0.2) is 35.8 Å². The van der Waals surface area contributed by atoms with E-state index in [0.29, 0.717) is 47.7 Å². The zero-order chi connectivity index (χ0) is 32.9. The van der Waals surface area contributed by atoms with E-state index in [4.69, 9.17) is 14.7 Å². The van der Waals surface area contributed by atoms with Crippen molar-refractivity contribution in [2.75, 3.05) is 24.7 Å². The highest BCUT2D eigenvalue weighted by Crippen LogP contribution is 2.41. The Balaban J connectivity index is 1.38. The minimum absolute atomic E-state index is 0.0717. The summed E-state index contributed by atoms with van der Waals surface area (Å²) in [6, 6.07) is 19.6. The molecule has 2 aromatic carbocycles. The standard InChI is InChI=1S/C34H33N5O5S3/c1-22(2)47(42,43)26-11-9-25(10-12-26)29-20-45-31-30(29)36-32(37-34(31)38-17-18-44-19-23(38)3)27-13-15-35-33-28(27)14-16-39(33)46(40,41)21-24-7-5-4-6-8-24/h4-16,20,22-23H,17-19,21H2,1-3H3/t23-/m1/s1. The molecule has 0 bridgehead atoms. The Morgan fingerprint density at radius 2 is 1.72 bits per heavy atom. The Bertz CT molecular complexity index is 2320. The van der Waals surface area contributed by atoms with E-state index in [-0.39, 0.29) is 16.7 Å². The van der Waals surface area contributed by atoms with Crippen LogP contribution in [0.5, 0.6) is 0 Å². The number of thiophene rings is 1. The highest BCUT2D eigenvalue weighted by Gasteiger charge is 2.27. The number of sulfone groups is 1. The quantitative estimate of drug-likeness (QED) is 0.185. The molecule has 242 valence electrons. The third-order valence-electron chi connectivity index (χ3n) is 8.44. The van der Waals surface area contributed by atoms with Gasteiger partial charge in [-0.05, 0) is 56.2 Å². The van der Waals surface area contributed by atoms with E-state index in [0.717, 1.165) is 27.2 Å². The lowest BCUT2D eigenvalue weighted by atomic mass is 10.1. The largest absolute Gasteiger partial charge is 0.377 e. The van der Waals surface area contributed by atoms with Crippen LogP contribution in [0.15, 0.2) is 89.4 Å². The lowest BCUT2D eigenvalue weighted by Gasteiger charge is -2.34. The molecule has 0 N–H and O–H groups in total. The number of nitrogens with zero attached hydrogens (tertiary/aromatic N) is 5. The molecule has 13 heteroatoms. The normalized spacial score (nSPS) is 16.0. The van der Waals surface area contributed by atoms with Gasteiger partial charge in [0.25, 0.3) is 0 Å². The number of rotatable bonds is 8. The van der Waals surface area contributed by atoms with Crippen molar-refractivity contribution in [1.29, 1.82) is 0 Å². The molecule has 0 spiro atoms. The van der Waals surface area contributed by atoms with Crippen LogP contribution in [0.4, 0.5) is 5.82 Å². The fraction of sp³-hybridized carbons (Fsp3) is 0.265. The van der Waals surface area contributed by atoms with Crippen LogP contribution in [0.2, 0.25) is 0 Å². The minimum Gasteiger partial charge on any atom is -0.377 e. The molecule has 7 rings (SSSR count). The van der Waals surface area contributed by atoms with E-state index < -0.39 is 25.1 Å². The van der Waals surface area contributed by atoms with Crippen molar-refractivity contribution >= 4 is 58.3 Å². The summed E-state index contributed by atoms with van der Waals surface area (Å²) in [4.78, 5) is 17.2. The topological polar surface area (TPSA) is 124 Å². The molecular weight excluding hydrogens is 655 g/mol. The lowest BCUT2D eigenvalue weighted by molar-refractivity contribution is 0.0987. The first-order valence-corrected chi connectivity index (χ1v) is 19.3. The van der Waals surface area contributed by atoms with Crippen LogP contribution in [0.1, 0.15) is 26.3 Å². The number of fused-ring (bicyclic) bond motifs is 2. The first kappa shape index (κ1) is 31.4. The predicted octanol–water partition coefficient (Wildman–Crippen LogP) is 6.16. The Kier molecular flexibility index (Phi) is 8.11. The molecule has 47 heavy (non-hydrogen) atoms. The highest BCUT2D eigenvalue weighted by atomic mass is 32.2. The van der Waals surface area contributed by atoms with E-state index in [1.165, 1.54) is 10.2 Å². The molecule has 1 fully saturated rings. The van der Waals surface area contributed by atoms with E-state index in [1.54, 1.807) is 61.7 Å². The molecule has 4 aromatic heterocycles. The molecule has 0 radical (unpaired) electrons. The maximum Gasteiger partial charge on any atom is 0.244 e. The number of hydrogen-bond donors (Lipinski definition) is 0. The van der Waals surface area contributed by atoms with E-state index in [2.05, 4.69) is 16.8 Å². The Morgan fingerprint density at radius 3 is 2.45 bits per heavy atom. The fourth-order valence-corrected chi connectivity index (χ4v) is 9.34. The lowest BCUT2D eigenvalue weighted by Crippen LogP contribution is -2.44. The van der Waals surface area contributed by atoms with Crippen molar-refractivity contribution in [3.8, 4) is 22.5 Å². The summed E-state index contributed by atoms with van der Waals surface area (Å²) in [5.41, 5.74) is 4.07. The van der Waals surface area contributed by atoms with Crippen molar-refractivity contribution in [3.05, 3.63) is 90.1 Å². The van der Waals surface area contributed by atoms with Crippen molar-refractivity contribution in [2.45, 2.75) is 42.7 Å². The first-order chi connectivity index (χ1) is 22.5. The molecular formula is C34H33N5O5S3. The number of hydrogen-bond acceptors (Lipinski definition) is 10. The molecule has 0 saturated carbocycles. The summed E-state index contributed by atoms with van der Waals surface area (Å²) in [5, 5.41) is 2.12. The van der Waals surface area contributed by atoms with Crippen LogP contribution in [0.25, 0.3) is 43.8 Å². The molecule has 5 heterocycles. The van der Waals surface area contributed by atoms with Gasteiger partial charge in [-0.1, -0.05) is 42.5 Å². The van der Waals surface area contributed by atoms with Gasteiger partial charge in [-0.15, -0.1) is 11.3 Å². The maximum absolute atomic E-state index is 13.5. The number of ether oxygens (including phenoxy) is 1. The summed E-state index contributed by atoms with van der Waals surface area (Å²) >= 11 is 1.54. The third-order valence-corrected chi connectivity index (χ3v) is 13.2. The van der Waals surface area contributed by atoms with Crippen LogP contribution in [0.3, 0.4) is 0 Å². The van der Waals surface area contributed by atoms with Gasteiger partial charge in [0.05, 0.1) is 45.4 Å². The van der Waals surface area contributed by atoms with Crippen molar-refractivity contribution in [1.82, 2.24) is 18.9 Å². The van der Waals surface area contributed by atoms with Gasteiger partial charge in [0, 0.05) is 40.8 Å². The molecule has 10 nitrogen and oxygen atoms in total. The molecule has 1 saturated heterocycles. The molecule has 1 atom stereocenters. The molecule has 0 aliphatic carbocycles. The van der Waals surface area contributed by atoms with Crippen LogP contribution < -0.4 is 4.90 Å². The first-order valence-electron chi connectivity index (χ1n) is 15.3. The Hall–Kier alpha value is -4.17. The fourth-order valence-electron chi connectivity index (χ4n) is 5.85. The number of benzene rings is 2. The number of anilines is 1. The van der Waals surface area contributed by atoms with Crippen LogP contribution in [0, 0.1) is 0 Å². The van der Waals surface area contributed by atoms with Crippen LogP contribution >= 0.6 is 11.3 Å². The summed E-state index contributed by atoms with van der Waals surface area (Å²) in [6.45, 7) is 7.22. The summed E-state index contributed by atoms with van der Waals surface area (Å²) in [6.07, 6.45) is 3.12. The number of aromatic nitrogens is 4. The Labute approximate surface area is 277 Å². The summed E-state index contributed by atoms with van der Waals surface area (Å²) in [5.74, 6) is 1.05. The van der Waals surface area contributed by atoms with Crippen molar-refractivity contribution in [2.24, 2.45) is 0 Å². The summed E-state index contributed by atoms with van der Waals surface area (Å²) < 4.78 is 60.5. The molecule has 0 unspecified atom stereocenters. The van der Waals surface area contributed by atoms with Gasteiger partial charge in [0.1, 0.15) is 0 Å². The second-order valence-corrected chi connectivity index (χ2v) is 17.1. The van der Waals surface area contributed by atoms with Gasteiger partial charge in [0.15, 0.2) is 27.1 Å². The van der Waals surface area contributed by atoms with Gasteiger partial charge >= 0.3 is 0 Å². The van der Waals surface area contributed by atoms with Crippen molar-refractivity contribution < 1.29 is 21.6 Å². The van der Waals surface area contributed by atoms with Gasteiger partial charge in [-0.2, -0.15) is 0 Å². The summed E-state index contributed by atoms with van der Waals surface area (Å²) in [7, 11) is -7.18. The third kappa shape index (κ3) is 5.71. The second-order valence-electron chi connectivity index (χ2n) is 11.9. The number of morpholine rings is 1. The number of pyridine rings is 1. The maximum atomic E-state index is 13.5. The smallest absolute Gasteiger partial charge is 0.244 e. The van der Waals surface area contributed by atoms with Crippen LogP contribution in [-0.2, 0) is 30.4 Å². The minimum atomic E-state index is -3.77. The molecule has 1 aliphatic rings. The van der Waals surface area contributed by atoms with E-state index in [9.17, 15) is 16.8 Å². The molecule has 1 aliphatic heterocycles. The predicted molar refractivity (Wildman–Crippen MR) is 186 cm³/mol. The molecule has 0 amide bonds. The average molecular weight is 688 g/mol. The van der Waals surface area contributed by atoms with Crippen LogP contribution in [-0.4, -0.2) is 66.8 Å². The zero-order valence-corrected chi connectivity index (χ0v) is 28.5. The van der Waals surface area contributed by atoms with Gasteiger partial charge in [-0.3, -0.25) is 0 Å². The van der Waals surface area contributed by atoms with Crippen molar-refractivity contribution in [3.63, 3.8) is 0 Å².